The molecule has 3 heterocycles. The van der Waals surface area contributed by atoms with Gasteiger partial charge in [-0.1, -0.05) is 38.2 Å². The lowest BCUT2D eigenvalue weighted by Gasteiger charge is -2.68. The summed E-state index contributed by atoms with van der Waals surface area (Å²) in [6.45, 7) is 2.60. The molecule has 0 aromatic carbocycles. The summed E-state index contributed by atoms with van der Waals surface area (Å²) in [7, 11) is 0. The van der Waals surface area contributed by atoms with E-state index < -0.39 is 0 Å². The largest absolute Gasteiger partial charge is 0.396 e. The van der Waals surface area contributed by atoms with E-state index in [1.165, 1.54) is 69.8 Å². The molecular weight excluding hydrogens is 410 g/mol. The molecular formula is C28H47N3O2. The molecule has 0 amide bonds. The molecule has 0 aromatic rings. The van der Waals surface area contributed by atoms with Gasteiger partial charge in [0.25, 0.3) is 0 Å². The van der Waals surface area contributed by atoms with Crippen LogP contribution in [0.5, 0.6) is 0 Å². The normalized spacial score (nSPS) is 46.1. The van der Waals surface area contributed by atoms with E-state index in [0.29, 0.717) is 30.1 Å². The second-order valence-electron chi connectivity index (χ2n) is 12.4. The number of rotatable bonds is 6. The van der Waals surface area contributed by atoms with Gasteiger partial charge in [0.05, 0.1) is 17.4 Å². The number of dihydropyridines is 1. The van der Waals surface area contributed by atoms with Gasteiger partial charge in [-0.3, -0.25) is 0 Å². The zero-order chi connectivity index (χ0) is 23.1. The lowest BCUT2D eigenvalue weighted by Crippen LogP contribution is -2.74. The van der Waals surface area contributed by atoms with E-state index >= 15 is 0 Å². The summed E-state index contributed by atoms with van der Waals surface area (Å²) >= 11 is 0. The van der Waals surface area contributed by atoms with Crippen LogP contribution in [0.2, 0.25) is 0 Å². The van der Waals surface area contributed by atoms with Crippen LogP contribution in [0.25, 0.3) is 0 Å². The van der Waals surface area contributed by atoms with Crippen LogP contribution >= 0.6 is 0 Å². The highest BCUT2D eigenvalue weighted by molar-refractivity contribution is 5.24. The summed E-state index contributed by atoms with van der Waals surface area (Å²) in [5.74, 6) is 2.25. The van der Waals surface area contributed by atoms with Crippen molar-refractivity contribution in [3.63, 3.8) is 0 Å². The molecule has 7 atom stereocenters. The zero-order valence-corrected chi connectivity index (χ0v) is 20.7. The third-order valence-electron chi connectivity index (χ3n) is 10.3. The average Bonchev–Trinajstić information content (AvgIpc) is 2.81. The second-order valence-corrected chi connectivity index (χ2v) is 12.4. The molecule has 3 aliphatic heterocycles. The van der Waals surface area contributed by atoms with Gasteiger partial charge in [-0.2, -0.15) is 0 Å². The number of allylic oxidation sites excluding steroid dienone is 2. The van der Waals surface area contributed by atoms with E-state index in [-0.39, 0.29) is 29.5 Å². The summed E-state index contributed by atoms with van der Waals surface area (Å²) in [6.07, 6.45) is 23.1. The van der Waals surface area contributed by atoms with Gasteiger partial charge >= 0.3 is 0 Å². The lowest BCUT2D eigenvalue weighted by atomic mass is 9.50. The molecule has 3 saturated carbocycles. The van der Waals surface area contributed by atoms with Gasteiger partial charge < -0.3 is 26.6 Å². The predicted octanol–water partition coefficient (Wildman–Crippen LogP) is 4.50. The smallest absolute Gasteiger partial charge is 0.0934 e. The Morgan fingerprint density at radius 3 is 2.61 bits per heavy atom. The fourth-order valence-corrected chi connectivity index (χ4v) is 8.79. The van der Waals surface area contributed by atoms with E-state index in [9.17, 15) is 5.11 Å². The van der Waals surface area contributed by atoms with Crippen LogP contribution in [0.4, 0.5) is 0 Å². The first-order valence-corrected chi connectivity index (χ1v) is 13.9. The number of nitrogens with one attached hydrogen (secondary N) is 1. The van der Waals surface area contributed by atoms with E-state index in [1.54, 1.807) is 0 Å². The molecule has 5 fully saturated rings. The number of hydrogen-bond acceptors (Lipinski definition) is 5. The molecule has 5 heteroatoms. The molecule has 186 valence electrons. The summed E-state index contributed by atoms with van der Waals surface area (Å²) in [6, 6.07) is 0. The minimum atomic E-state index is -0.293. The van der Waals surface area contributed by atoms with Gasteiger partial charge in [0.1, 0.15) is 0 Å². The summed E-state index contributed by atoms with van der Waals surface area (Å²) < 4.78 is 7.41. The molecule has 0 spiro atoms. The summed E-state index contributed by atoms with van der Waals surface area (Å²) in [4.78, 5) is 0. The number of ether oxygens (including phenoxy) is 1. The highest BCUT2D eigenvalue weighted by Crippen LogP contribution is 2.62. The first-order valence-electron chi connectivity index (χ1n) is 13.9. The number of aliphatic hydroxyl groups is 1. The van der Waals surface area contributed by atoms with Crippen LogP contribution < -0.4 is 16.8 Å². The van der Waals surface area contributed by atoms with Crippen LogP contribution in [0.15, 0.2) is 23.9 Å². The maximum atomic E-state index is 9.98. The van der Waals surface area contributed by atoms with Crippen molar-refractivity contribution in [2.75, 3.05) is 6.61 Å². The molecule has 2 bridgehead atoms. The van der Waals surface area contributed by atoms with Crippen molar-refractivity contribution >= 4 is 0 Å². The Kier molecular flexibility index (Phi) is 6.71. The molecule has 0 aromatic heterocycles. The van der Waals surface area contributed by atoms with Gasteiger partial charge in [0.2, 0.25) is 0 Å². The number of fused-ring (bicyclic) bond motifs is 3. The van der Waals surface area contributed by atoms with Gasteiger partial charge in [-0.25, -0.2) is 0 Å². The van der Waals surface area contributed by atoms with Crippen molar-refractivity contribution < 1.29 is 9.84 Å². The Bertz CT molecular complexity index is 762. The number of hydrogen-bond donors (Lipinski definition) is 4. The van der Waals surface area contributed by atoms with E-state index in [2.05, 4.69) is 30.6 Å². The lowest BCUT2D eigenvalue weighted by molar-refractivity contribution is -0.312. The average molecular weight is 458 g/mol. The van der Waals surface area contributed by atoms with E-state index in [1.807, 2.05) is 0 Å². The molecule has 6 rings (SSSR count). The monoisotopic (exact) mass is 457 g/mol. The topological polar surface area (TPSA) is 93.5 Å². The van der Waals surface area contributed by atoms with Crippen LogP contribution in [-0.4, -0.2) is 34.6 Å². The van der Waals surface area contributed by atoms with Crippen molar-refractivity contribution in [1.82, 2.24) is 5.32 Å². The Morgan fingerprint density at radius 1 is 1.09 bits per heavy atom. The molecule has 33 heavy (non-hydrogen) atoms. The van der Waals surface area contributed by atoms with Gasteiger partial charge in [-0.15, -0.1) is 0 Å². The standard InChI is InChI=1S/C28H47N3O2/c1-26(22-7-3-2-4-8-22)24-12-13-28(33-26,19-27(24,30)14-15-32)23-9-5-6-20(17-23)16-21-10-11-25(29)31-18-21/h10-11,18,20,22-25,31-32H,2-9,12-17,19,29-30H2,1H3. The van der Waals surface area contributed by atoms with Crippen LogP contribution in [0.1, 0.15) is 96.8 Å². The summed E-state index contributed by atoms with van der Waals surface area (Å²) in [5, 5.41) is 13.2. The van der Waals surface area contributed by atoms with Crippen molar-refractivity contribution in [2.24, 2.45) is 35.1 Å². The molecule has 5 nitrogen and oxygen atoms in total. The maximum absolute atomic E-state index is 9.98. The third-order valence-corrected chi connectivity index (χ3v) is 10.3. The minimum absolute atomic E-state index is 0.0563. The molecule has 2 saturated heterocycles. The fraction of sp³-hybridized carbons (Fsp3) is 0.857. The third kappa shape index (κ3) is 4.44. The van der Waals surface area contributed by atoms with Crippen LogP contribution in [-0.2, 0) is 4.74 Å². The quantitative estimate of drug-likeness (QED) is 0.471. The first kappa shape index (κ1) is 23.8. The zero-order valence-electron chi connectivity index (χ0n) is 20.7. The Balaban J connectivity index is 1.38. The van der Waals surface area contributed by atoms with Crippen molar-refractivity contribution in [3.05, 3.63) is 23.9 Å². The van der Waals surface area contributed by atoms with Crippen LogP contribution in [0.3, 0.4) is 0 Å². The molecule has 6 N–H and O–H groups in total. The van der Waals surface area contributed by atoms with Crippen molar-refractivity contribution in [1.29, 1.82) is 0 Å². The number of nitrogens with two attached hydrogens (primary N) is 2. The molecule has 0 radical (unpaired) electrons. The van der Waals surface area contributed by atoms with Crippen molar-refractivity contribution in [2.45, 2.75) is 120 Å². The first-order chi connectivity index (χ1) is 15.9. The Labute approximate surface area is 200 Å². The van der Waals surface area contributed by atoms with Crippen molar-refractivity contribution in [3.8, 4) is 0 Å². The minimum Gasteiger partial charge on any atom is -0.396 e. The Morgan fingerprint density at radius 2 is 1.88 bits per heavy atom. The van der Waals surface area contributed by atoms with Gasteiger partial charge in [-0.05, 0) is 94.1 Å². The molecule has 7 unspecified atom stereocenters. The SMILES string of the molecule is CC1(C2CCCCC2)OC2(C3CCCC(CC4=CNC(N)C=C4)C3)CCC1C(N)(CCO)C2. The number of aliphatic hydroxyl groups excluding tert-OH is 1. The maximum Gasteiger partial charge on any atom is 0.0934 e. The summed E-state index contributed by atoms with van der Waals surface area (Å²) in [5.41, 5.74) is 14.0. The second kappa shape index (κ2) is 9.29. The molecule has 6 aliphatic rings. The van der Waals surface area contributed by atoms with Gasteiger partial charge in [0.15, 0.2) is 0 Å². The molecule has 3 aliphatic carbocycles. The van der Waals surface area contributed by atoms with E-state index in [4.69, 9.17) is 16.2 Å². The fourth-order valence-electron chi connectivity index (χ4n) is 8.79. The van der Waals surface area contributed by atoms with E-state index in [0.717, 1.165) is 19.3 Å². The van der Waals surface area contributed by atoms with Crippen LogP contribution in [0, 0.1) is 23.7 Å². The highest BCUT2D eigenvalue weighted by Gasteiger charge is 2.65. The highest BCUT2D eigenvalue weighted by atomic mass is 16.5. The predicted molar refractivity (Wildman–Crippen MR) is 133 cm³/mol. The Hall–Kier alpha value is -0.880. The van der Waals surface area contributed by atoms with Gasteiger partial charge in [0, 0.05) is 24.3 Å².